The van der Waals surface area contributed by atoms with Crippen molar-refractivity contribution < 1.29 is 24.5 Å². The Hall–Kier alpha value is -2.12. The van der Waals surface area contributed by atoms with E-state index in [2.05, 4.69) is 5.32 Å². The Labute approximate surface area is 129 Å². The van der Waals surface area contributed by atoms with Gasteiger partial charge in [-0.05, 0) is 32.4 Å². The van der Waals surface area contributed by atoms with Crippen LogP contribution >= 0.6 is 0 Å². The fourth-order valence-electron chi connectivity index (χ4n) is 1.80. The molecule has 0 bridgehead atoms. The van der Waals surface area contributed by atoms with Gasteiger partial charge >= 0.3 is 6.09 Å². The molecule has 0 heterocycles. The van der Waals surface area contributed by atoms with Crippen LogP contribution in [-0.4, -0.2) is 40.5 Å². The second kappa shape index (κ2) is 7.24. The summed E-state index contributed by atoms with van der Waals surface area (Å²) in [4.78, 5) is 22.8. The minimum Gasteiger partial charge on any atom is -0.444 e. The number of aliphatic hydroxyl groups excluding tert-OH is 2. The Morgan fingerprint density at radius 3 is 2.41 bits per heavy atom. The van der Waals surface area contributed by atoms with Crippen LogP contribution in [0.1, 0.15) is 42.8 Å². The minimum absolute atomic E-state index is 0.117. The maximum atomic E-state index is 11.5. The van der Waals surface area contributed by atoms with E-state index in [0.29, 0.717) is 0 Å². The van der Waals surface area contributed by atoms with Crippen molar-refractivity contribution >= 4 is 12.0 Å². The van der Waals surface area contributed by atoms with Crippen molar-refractivity contribution in [2.45, 2.75) is 38.6 Å². The summed E-state index contributed by atoms with van der Waals surface area (Å²) in [7, 11) is 0. The predicted octanol–water partition coefficient (Wildman–Crippen LogP) is 0.705. The molecule has 122 valence electrons. The maximum absolute atomic E-state index is 11.5. The number of hydrogen-bond donors (Lipinski definition) is 4. The number of amides is 2. The molecule has 0 aliphatic rings. The second-order valence-corrected chi connectivity index (χ2v) is 5.85. The van der Waals surface area contributed by atoms with Gasteiger partial charge in [0.15, 0.2) is 0 Å². The van der Waals surface area contributed by atoms with Gasteiger partial charge in [0.1, 0.15) is 17.8 Å². The summed E-state index contributed by atoms with van der Waals surface area (Å²) in [5.74, 6) is -0.707. The summed E-state index contributed by atoms with van der Waals surface area (Å²) in [6, 6.07) is 6.15. The summed E-state index contributed by atoms with van der Waals surface area (Å²) < 4.78 is 5.02. The van der Waals surface area contributed by atoms with Crippen LogP contribution in [-0.2, 0) is 4.74 Å². The lowest BCUT2D eigenvalue weighted by Gasteiger charge is -2.23. The van der Waals surface area contributed by atoms with E-state index in [1.54, 1.807) is 32.9 Å². The molecule has 1 aromatic carbocycles. The van der Waals surface area contributed by atoms with Gasteiger partial charge in [0.25, 0.3) is 0 Å². The third-order valence-corrected chi connectivity index (χ3v) is 2.76. The molecular formula is C15H22N2O5. The van der Waals surface area contributed by atoms with Gasteiger partial charge in [-0.2, -0.15) is 0 Å². The molecule has 0 aromatic heterocycles. The second-order valence-electron chi connectivity index (χ2n) is 5.85. The molecule has 7 heteroatoms. The number of nitrogens with one attached hydrogen (secondary N) is 1. The highest BCUT2D eigenvalue weighted by Gasteiger charge is 2.24. The quantitative estimate of drug-likeness (QED) is 0.638. The Bertz CT molecular complexity index is 539. The molecule has 22 heavy (non-hydrogen) atoms. The molecule has 0 radical (unpaired) electrons. The smallest absolute Gasteiger partial charge is 0.407 e. The number of primary amides is 1. The fraction of sp³-hybridized carbons (Fsp3) is 0.467. The lowest BCUT2D eigenvalue weighted by Crippen LogP contribution is -2.39. The molecule has 7 nitrogen and oxygen atoms in total. The van der Waals surface area contributed by atoms with Gasteiger partial charge < -0.3 is 26.0 Å². The Morgan fingerprint density at radius 2 is 1.86 bits per heavy atom. The molecule has 0 saturated carbocycles. The van der Waals surface area contributed by atoms with Crippen LogP contribution in [0.5, 0.6) is 0 Å². The van der Waals surface area contributed by atoms with E-state index in [4.69, 9.17) is 10.5 Å². The Morgan fingerprint density at radius 1 is 1.27 bits per heavy atom. The van der Waals surface area contributed by atoms with E-state index in [1.807, 2.05) is 0 Å². The van der Waals surface area contributed by atoms with E-state index in [9.17, 15) is 19.8 Å². The Balaban J connectivity index is 2.68. The van der Waals surface area contributed by atoms with Crippen molar-refractivity contribution in [2.75, 3.05) is 6.54 Å². The number of hydrogen-bond acceptors (Lipinski definition) is 5. The molecular weight excluding hydrogens is 288 g/mol. The molecule has 2 atom stereocenters. The highest BCUT2D eigenvalue weighted by molar-refractivity contribution is 5.94. The largest absolute Gasteiger partial charge is 0.444 e. The number of ether oxygens (including phenoxy) is 1. The molecule has 2 amide bonds. The number of benzene rings is 1. The van der Waals surface area contributed by atoms with Crippen molar-refractivity contribution in [3.8, 4) is 0 Å². The summed E-state index contributed by atoms with van der Waals surface area (Å²) in [5.41, 5.74) is 4.88. The standard InChI is InChI=1S/C15H22N2O5/c1-15(2,3)22-14(21)17-8-11(18)12(19)9-6-4-5-7-10(9)13(16)20/h4-7,11-12,18-19H,8H2,1-3H3,(H2,16,20)(H,17,21). The average Bonchev–Trinajstić information content (AvgIpc) is 2.42. The SMILES string of the molecule is CC(C)(C)OC(=O)NCC(O)C(O)c1ccccc1C(N)=O. The number of alkyl carbamates (subject to hydrolysis) is 1. The molecule has 0 saturated heterocycles. The van der Waals surface area contributed by atoms with Crippen molar-refractivity contribution in [1.82, 2.24) is 5.32 Å². The van der Waals surface area contributed by atoms with E-state index in [0.717, 1.165) is 0 Å². The van der Waals surface area contributed by atoms with Crippen molar-refractivity contribution in [3.63, 3.8) is 0 Å². The van der Waals surface area contributed by atoms with Crippen LogP contribution in [0.2, 0.25) is 0 Å². The first-order chi connectivity index (χ1) is 10.1. The molecule has 1 rings (SSSR count). The number of carbonyl (C=O) groups is 2. The fourth-order valence-corrected chi connectivity index (χ4v) is 1.80. The van der Waals surface area contributed by atoms with E-state index in [-0.39, 0.29) is 17.7 Å². The van der Waals surface area contributed by atoms with Gasteiger partial charge in [-0.15, -0.1) is 0 Å². The third-order valence-electron chi connectivity index (χ3n) is 2.76. The normalized spacial score (nSPS) is 14.0. The third kappa shape index (κ3) is 5.34. The van der Waals surface area contributed by atoms with E-state index in [1.165, 1.54) is 12.1 Å². The zero-order chi connectivity index (χ0) is 16.9. The van der Waals surface area contributed by atoms with Crippen LogP contribution in [0, 0.1) is 0 Å². The lowest BCUT2D eigenvalue weighted by atomic mass is 9.98. The predicted molar refractivity (Wildman–Crippen MR) is 80.2 cm³/mol. The van der Waals surface area contributed by atoms with E-state index >= 15 is 0 Å². The first kappa shape index (κ1) is 17.9. The summed E-state index contributed by atoms with van der Waals surface area (Å²) in [6.45, 7) is 4.89. The zero-order valence-electron chi connectivity index (χ0n) is 12.9. The monoisotopic (exact) mass is 310 g/mol. The Kier molecular flexibility index (Phi) is 5.90. The first-order valence-electron chi connectivity index (χ1n) is 6.83. The molecule has 5 N–H and O–H groups in total. The maximum Gasteiger partial charge on any atom is 0.407 e. The van der Waals surface area contributed by atoms with Crippen LogP contribution in [0.4, 0.5) is 4.79 Å². The lowest BCUT2D eigenvalue weighted by molar-refractivity contribution is 0.0125. The van der Waals surface area contributed by atoms with Crippen molar-refractivity contribution in [1.29, 1.82) is 0 Å². The number of nitrogens with two attached hydrogens (primary N) is 1. The minimum atomic E-state index is -1.36. The van der Waals surface area contributed by atoms with Gasteiger partial charge in [0.05, 0.1) is 0 Å². The molecule has 2 unspecified atom stereocenters. The van der Waals surface area contributed by atoms with Crippen molar-refractivity contribution in [2.24, 2.45) is 5.73 Å². The van der Waals surface area contributed by atoms with Gasteiger partial charge in [-0.1, -0.05) is 18.2 Å². The van der Waals surface area contributed by atoms with Gasteiger partial charge in [-0.3, -0.25) is 4.79 Å². The van der Waals surface area contributed by atoms with Gasteiger partial charge in [0.2, 0.25) is 5.91 Å². The van der Waals surface area contributed by atoms with Crippen molar-refractivity contribution in [3.05, 3.63) is 35.4 Å². The van der Waals surface area contributed by atoms with Gasteiger partial charge in [0, 0.05) is 12.1 Å². The average molecular weight is 310 g/mol. The molecule has 1 aromatic rings. The molecule has 0 aliphatic heterocycles. The van der Waals surface area contributed by atoms with Crippen LogP contribution in [0.15, 0.2) is 24.3 Å². The summed E-state index contributed by atoms with van der Waals surface area (Å²) in [6.07, 6.45) is -3.38. The molecule has 0 spiro atoms. The van der Waals surface area contributed by atoms with Crippen LogP contribution < -0.4 is 11.1 Å². The number of carbonyl (C=O) groups excluding carboxylic acids is 2. The van der Waals surface area contributed by atoms with Crippen LogP contribution in [0.25, 0.3) is 0 Å². The highest BCUT2D eigenvalue weighted by atomic mass is 16.6. The summed E-state index contributed by atoms with van der Waals surface area (Å²) >= 11 is 0. The number of rotatable bonds is 5. The van der Waals surface area contributed by atoms with E-state index < -0.39 is 29.8 Å². The summed E-state index contributed by atoms with van der Waals surface area (Å²) in [5, 5.41) is 22.4. The topological polar surface area (TPSA) is 122 Å². The highest BCUT2D eigenvalue weighted by Crippen LogP contribution is 2.20. The molecule has 0 aliphatic carbocycles. The van der Waals surface area contributed by atoms with Crippen LogP contribution in [0.3, 0.4) is 0 Å². The molecule has 0 fully saturated rings. The number of aliphatic hydroxyl groups is 2. The zero-order valence-corrected chi connectivity index (χ0v) is 12.9. The van der Waals surface area contributed by atoms with Gasteiger partial charge in [-0.25, -0.2) is 4.79 Å². The first-order valence-corrected chi connectivity index (χ1v) is 6.83.